The highest BCUT2D eigenvalue weighted by molar-refractivity contribution is 5.78. The molecule has 1 heterocycles. The lowest BCUT2D eigenvalue weighted by molar-refractivity contribution is -0.137. The van der Waals surface area contributed by atoms with Crippen LogP contribution in [0.15, 0.2) is 18.2 Å². The molecule has 1 N–H and O–H groups in total. The summed E-state index contributed by atoms with van der Waals surface area (Å²) >= 11 is 0. The van der Waals surface area contributed by atoms with Gasteiger partial charge in [0.05, 0.1) is 24.1 Å². The lowest BCUT2D eigenvalue weighted by Crippen LogP contribution is -2.03. The highest BCUT2D eigenvalue weighted by atomic mass is 16.5. The van der Waals surface area contributed by atoms with Crippen molar-refractivity contribution in [3.05, 3.63) is 24.0 Å². The van der Waals surface area contributed by atoms with Crippen molar-refractivity contribution in [3.63, 3.8) is 0 Å². The van der Waals surface area contributed by atoms with Gasteiger partial charge in [0.15, 0.2) is 0 Å². The fourth-order valence-electron chi connectivity index (χ4n) is 1.93. The van der Waals surface area contributed by atoms with E-state index in [-0.39, 0.29) is 6.42 Å². The number of carbonyl (C=O) groups is 1. The van der Waals surface area contributed by atoms with Crippen LogP contribution in [0.2, 0.25) is 0 Å². The zero-order valence-electron chi connectivity index (χ0n) is 10.5. The summed E-state index contributed by atoms with van der Waals surface area (Å²) in [6.07, 6.45) is 0.528. The number of aromatic nitrogens is 2. The molecule has 0 saturated heterocycles. The summed E-state index contributed by atoms with van der Waals surface area (Å²) in [6, 6.07) is 5.72. The van der Waals surface area contributed by atoms with Gasteiger partial charge >= 0.3 is 5.97 Å². The van der Waals surface area contributed by atoms with E-state index >= 15 is 0 Å². The van der Waals surface area contributed by atoms with Crippen LogP contribution in [-0.2, 0) is 18.3 Å². The molecular weight excluding hydrogens is 232 g/mol. The number of aliphatic carboxylic acids is 1. The predicted molar refractivity (Wildman–Crippen MR) is 67.8 cm³/mol. The number of aryl methyl sites for hydroxylation is 2. The van der Waals surface area contributed by atoms with Gasteiger partial charge in [-0.05, 0) is 19.1 Å². The van der Waals surface area contributed by atoms with Gasteiger partial charge in [-0.25, -0.2) is 4.98 Å². The molecular formula is C13H16N2O3. The molecule has 0 radical (unpaired) electrons. The molecule has 18 heavy (non-hydrogen) atoms. The summed E-state index contributed by atoms with van der Waals surface area (Å²) in [5, 5.41) is 8.70. The molecule has 1 aromatic carbocycles. The molecule has 0 aliphatic carbocycles. The van der Waals surface area contributed by atoms with Gasteiger partial charge in [0.25, 0.3) is 0 Å². The van der Waals surface area contributed by atoms with E-state index in [0.717, 1.165) is 22.6 Å². The molecule has 0 saturated carbocycles. The fraction of sp³-hybridized carbons (Fsp3) is 0.385. The van der Waals surface area contributed by atoms with Gasteiger partial charge in [-0.1, -0.05) is 0 Å². The molecule has 0 aliphatic heterocycles. The predicted octanol–water partition coefficient (Wildman–Crippen LogP) is 1.99. The Balaban J connectivity index is 2.33. The Kier molecular flexibility index (Phi) is 3.50. The Morgan fingerprint density at radius 1 is 1.50 bits per heavy atom. The van der Waals surface area contributed by atoms with Crippen molar-refractivity contribution >= 4 is 17.0 Å². The van der Waals surface area contributed by atoms with E-state index in [4.69, 9.17) is 9.84 Å². The maximum absolute atomic E-state index is 10.6. The first-order valence-electron chi connectivity index (χ1n) is 5.91. The Bertz CT molecular complexity index is 575. The van der Waals surface area contributed by atoms with E-state index in [9.17, 15) is 4.79 Å². The first kappa shape index (κ1) is 12.4. The number of hydrogen-bond donors (Lipinski definition) is 1. The topological polar surface area (TPSA) is 64.3 Å². The summed E-state index contributed by atoms with van der Waals surface area (Å²) < 4.78 is 7.34. The van der Waals surface area contributed by atoms with Gasteiger partial charge < -0.3 is 14.4 Å². The van der Waals surface area contributed by atoms with Crippen LogP contribution in [-0.4, -0.2) is 27.2 Å². The molecule has 0 aliphatic rings. The molecule has 0 spiro atoms. The van der Waals surface area contributed by atoms with Crippen LogP contribution in [0.5, 0.6) is 5.75 Å². The highest BCUT2D eigenvalue weighted by Gasteiger charge is 2.10. The van der Waals surface area contributed by atoms with E-state index in [1.807, 2.05) is 36.7 Å². The van der Waals surface area contributed by atoms with Crippen LogP contribution in [0, 0.1) is 0 Å². The van der Waals surface area contributed by atoms with Crippen molar-refractivity contribution in [2.24, 2.45) is 7.05 Å². The van der Waals surface area contributed by atoms with Crippen molar-refractivity contribution in [2.45, 2.75) is 19.8 Å². The van der Waals surface area contributed by atoms with E-state index in [1.54, 1.807) is 0 Å². The number of fused-ring (bicyclic) bond motifs is 1. The molecule has 96 valence electrons. The maximum Gasteiger partial charge on any atom is 0.303 e. The quantitative estimate of drug-likeness (QED) is 0.878. The van der Waals surface area contributed by atoms with E-state index in [0.29, 0.717) is 13.0 Å². The third kappa shape index (κ3) is 2.45. The van der Waals surface area contributed by atoms with E-state index < -0.39 is 5.97 Å². The molecule has 2 aromatic rings. The second-order valence-electron chi connectivity index (χ2n) is 4.06. The number of carboxylic acids is 1. The van der Waals surface area contributed by atoms with Crippen LogP contribution in [0.3, 0.4) is 0 Å². The zero-order chi connectivity index (χ0) is 13.1. The number of carboxylic acid groups (broad SMARTS) is 1. The van der Waals surface area contributed by atoms with Gasteiger partial charge in [0.2, 0.25) is 0 Å². The van der Waals surface area contributed by atoms with Crippen LogP contribution in [0.4, 0.5) is 0 Å². The summed E-state index contributed by atoms with van der Waals surface area (Å²) in [6.45, 7) is 2.55. The zero-order valence-corrected chi connectivity index (χ0v) is 10.5. The van der Waals surface area contributed by atoms with Crippen molar-refractivity contribution in [1.82, 2.24) is 9.55 Å². The second-order valence-corrected chi connectivity index (χ2v) is 4.06. The molecule has 5 heteroatoms. The molecule has 2 rings (SSSR count). The third-order valence-corrected chi connectivity index (χ3v) is 2.82. The summed E-state index contributed by atoms with van der Waals surface area (Å²) in [4.78, 5) is 15.0. The number of ether oxygens (including phenoxy) is 1. The molecule has 0 unspecified atom stereocenters. The van der Waals surface area contributed by atoms with E-state index in [1.165, 1.54) is 0 Å². The number of hydrogen-bond acceptors (Lipinski definition) is 3. The van der Waals surface area contributed by atoms with Crippen molar-refractivity contribution in [2.75, 3.05) is 6.61 Å². The minimum absolute atomic E-state index is 0.0927. The largest absolute Gasteiger partial charge is 0.494 e. The molecule has 0 bridgehead atoms. The normalized spacial score (nSPS) is 10.8. The highest BCUT2D eigenvalue weighted by Crippen LogP contribution is 2.21. The third-order valence-electron chi connectivity index (χ3n) is 2.82. The number of nitrogens with zero attached hydrogens (tertiary/aromatic N) is 2. The molecule has 0 fully saturated rings. The van der Waals surface area contributed by atoms with Crippen molar-refractivity contribution < 1.29 is 14.6 Å². The van der Waals surface area contributed by atoms with Gasteiger partial charge in [-0.15, -0.1) is 0 Å². The minimum atomic E-state index is -0.808. The average molecular weight is 248 g/mol. The molecule has 0 amide bonds. The number of rotatable bonds is 5. The van der Waals surface area contributed by atoms with Crippen LogP contribution in [0.25, 0.3) is 11.0 Å². The Morgan fingerprint density at radius 3 is 2.94 bits per heavy atom. The van der Waals surface area contributed by atoms with Gasteiger partial charge in [-0.2, -0.15) is 0 Å². The maximum atomic E-state index is 10.6. The standard InChI is InChI=1S/C13H16N2O3/c1-3-18-9-4-5-11-10(8-9)14-12(15(11)2)6-7-13(16)17/h4-5,8H,3,6-7H2,1-2H3,(H,16,17). The van der Waals surface area contributed by atoms with Gasteiger partial charge in [-0.3, -0.25) is 4.79 Å². The molecule has 1 aromatic heterocycles. The number of imidazole rings is 1. The van der Waals surface area contributed by atoms with Crippen LogP contribution >= 0.6 is 0 Å². The van der Waals surface area contributed by atoms with Gasteiger partial charge in [0, 0.05) is 19.5 Å². The minimum Gasteiger partial charge on any atom is -0.494 e. The van der Waals surface area contributed by atoms with Crippen LogP contribution < -0.4 is 4.74 Å². The van der Waals surface area contributed by atoms with Gasteiger partial charge in [0.1, 0.15) is 11.6 Å². The SMILES string of the molecule is CCOc1ccc2c(c1)nc(CCC(=O)O)n2C. The Hall–Kier alpha value is -2.04. The first-order valence-corrected chi connectivity index (χ1v) is 5.91. The monoisotopic (exact) mass is 248 g/mol. The lowest BCUT2D eigenvalue weighted by atomic mass is 10.3. The average Bonchev–Trinajstić information content (AvgIpc) is 2.64. The lowest BCUT2D eigenvalue weighted by Gasteiger charge is -2.02. The van der Waals surface area contributed by atoms with Crippen molar-refractivity contribution in [3.8, 4) is 5.75 Å². The smallest absolute Gasteiger partial charge is 0.303 e. The summed E-state index contributed by atoms with van der Waals surface area (Å²) in [5.74, 6) is 0.756. The summed E-state index contributed by atoms with van der Waals surface area (Å²) in [7, 11) is 1.90. The second kappa shape index (κ2) is 5.08. The van der Waals surface area contributed by atoms with Crippen molar-refractivity contribution in [1.29, 1.82) is 0 Å². The Morgan fingerprint density at radius 2 is 2.28 bits per heavy atom. The number of benzene rings is 1. The Labute approximate surface area is 105 Å². The van der Waals surface area contributed by atoms with E-state index in [2.05, 4.69) is 4.98 Å². The molecule has 5 nitrogen and oxygen atoms in total. The summed E-state index contributed by atoms with van der Waals surface area (Å²) in [5.41, 5.74) is 1.82. The van der Waals surface area contributed by atoms with Crippen LogP contribution in [0.1, 0.15) is 19.2 Å². The fourth-order valence-corrected chi connectivity index (χ4v) is 1.93. The first-order chi connectivity index (χ1) is 8.61. The molecule has 0 atom stereocenters.